The predicted molar refractivity (Wildman–Crippen MR) is 86.2 cm³/mol. The SMILES string of the molecule is NCC1CCC2=C(C1)c1ccccc1Oc1ccccc12. The maximum Gasteiger partial charge on any atom is 0.134 e. The highest BCUT2D eigenvalue weighted by Crippen LogP contribution is 2.48. The summed E-state index contributed by atoms with van der Waals surface area (Å²) in [4.78, 5) is 0. The van der Waals surface area contributed by atoms with Gasteiger partial charge in [0.25, 0.3) is 0 Å². The van der Waals surface area contributed by atoms with Gasteiger partial charge in [0, 0.05) is 11.1 Å². The molecule has 1 unspecified atom stereocenters. The normalized spacial score (nSPS) is 20.0. The van der Waals surface area contributed by atoms with Gasteiger partial charge < -0.3 is 10.5 Å². The quantitative estimate of drug-likeness (QED) is 0.835. The summed E-state index contributed by atoms with van der Waals surface area (Å²) in [6, 6.07) is 16.8. The number of rotatable bonds is 1. The summed E-state index contributed by atoms with van der Waals surface area (Å²) in [5, 5.41) is 0. The van der Waals surface area contributed by atoms with Crippen LogP contribution in [0.2, 0.25) is 0 Å². The van der Waals surface area contributed by atoms with Crippen LogP contribution in [-0.2, 0) is 0 Å². The molecule has 1 atom stereocenters. The molecule has 2 aliphatic rings. The first-order valence-electron chi connectivity index (χ1n) is 7.65. The Morgan fingerprint density at radius 1 is 0.905 bits per heavy atom. The van der Waals surface area contributed by atoms with Crippen LogP contribution in [0.25, 0.3) is 11.1 Å². The van der Waals surface area contributed by atoms with Crippen molar-refractivity contribution in [3.8, 4) is 11.5 Å². The summed E-state index contributed by atoms with van der Waals surface area (Å²) in [6.07, 6.45) is 3.32. The van der Waals surface area contributed by atoms with Crippen molar-refractivity contribution < 1.29 is 4.74 Å². The lowest BCUT2D eigenvalue weighted by atomic mass is 9.78. The zero-order valence-corrected chi connectivity index (χ0v) is 12.0. The van der Waals surface area contributed by atoms with E-state index in [1.807, 2.05) is 12.1 Å². The second-order valence-corrected chi connectivity index (χ2v) is 5.90. The molecule has 0 fully saturated rings. The van der Waals surface area contributed by atoms with Crippen molar-refractivity contribution in [2.45, 2.75) is 19.3 Å². The molecule has 2 nitrogen and oxygen atoms in total. The lowest BCUT2D eigenvalue weighted by molar-refractivity contribution is 0.480. The number of ether oxygens (including phenoxy) is 1. The Hall–Kier alpha value is -2.06. The van der Waals surface area contributed by atoms with Crippen molar-refractivity contribution in [2.24, 2.45) is 11.7 Å². The van der Waals surface area contributed by atoms with Crippen molar-refractivity contribution in [1.29, 1.82) is 0 Å². The molecule has 0 spiro atoms. The third-order valence-electron chi connectivity index (χ3n) is 4.64. The van der Waals surface area contributed by atoms with Gasteiger partial charge in [-0.3, -0.25) is 0 Å². The minimum absolute atomic E-state index is 0.585. The predicted octanol–water partition coefficient (Wildman–Crippen LogP) is 4.46. The minimum Gasteiger partial charge on any atom is -0.456 e. The van der Waals surface area contributed by atoms with Crippen LogP contribution >= 0.6 is 0 Å². The average Bonchev–Trinajstić information content (AvgIpc) is 2.69. The van der Waals surface area contributed by atoms with Crippen LogP contribution < -0.4 is 10.5 Å². The van der Waals surface area contributed by atoms with Gasteiger partial charge in [0.15, 0.2) is 0 Å². The molecule has 1 heterocycles. The molecule has 2 aromatic rings. The van der Waals surface area contributed by atoms with Gasteiger partial charge in [-0.2, -0.15) is 0 Å². The second-order valence-electron chi connectivity index (χ2n) is 5.90. The van der Waals surface area contributed by atoms with E-state index in [0.717, 1.165) is 30.9 Å². The smallest absolute Gasteiger partial charge is 0.134 e. The molecule has 2 N–H and O–H groups in total. The molecular formula is C19H19NO. The molecular weight excluding hydrogens is 258 g/mol. The Kier molecular flexibility index (Phi) is 3.04. The Balaban J connectivity index is 1.96. The molecule has 0 saturated heterocycles. The van der Waals surface area contributed by atoms with Gasteiger partial charge in [0.2, 0.25) is 0 Å². The fraction of sp³-hybridized carbons (Fsp3) is 0.263. The van der Waals surface area contributed by atoms with E-state index < -0.39 is 0 Å². The zero-order chi connectivity index (χ0) is 14.2. The van der Waals surface area contributed by atoms with Crippen LogP contribution in [0.3, 0.4) is 0 Å². The van der Waals surface area contributed by atoms with Crippen LogP contribution in [-0.4, -0.2) is 6.54 Å². The van der Waals surface area contributed by atoms with Gasteiger partial charge in [-0.25, -0.2) is 0 Å². The Morgan fingerprint density at radius 2 is 1.52 bits per heavy atom. The van der Waals surface area contributed by atoms with Gasteiger partial charge >= 0.3 is 0 Å². The molecule has 21 heavy (non-hydrogen) atoms. The maximum absolute atomic E-state index is 6.19. The summed E-state index contributed by atoms with van der Waals surface area (Å²) in [5.74, 6) is 2.52. The summed E-state index contributed by atoms with van der Waals surface area (Å²) in [7, 11) is 0. The van der Waals surface area contributed by atoms with Gasteiger partial charge in [0.1, 0.15) is 11.5 Å². The number of hydrogen-bond donors (Lipinski definition) is 1. The number of para-hydroxylation sites is 2. The number of benzene rings is 2. The van der Waals surface area contributed by atoms with Gasteiger partial charge in [-0.1, -0.05) is 36.4 Å². The van der Waals surface area contributed by atoms with Gasteiger partial charge in [-0.05, 0) is 55.0 Å². The fourth-order valence-corrected chi connectivity index (χ4v) is 3.51. The van der Waals surface area contributed by atoms with Crippen LogP contribution in [0.1, 0.15) is 30.4 Å². The van der Waals surface area contributed by atoms with Crippen molar-refractivity contribution >= 4 is 11.1 Å². The van der Waals surface area contributed by atoms with E-state index in [2.05, 4.69) is 36.4 Å². The van der Waals surface area contributed by atoms with E-state index in [1.165, 1.54) is 28.7 Å². The molecule has 0 bridgehead atoms. The monoisotopic (exact) mass is 277 g/mol. The average molecular weight is 277 g/mol. The molecule has 0 aromatic heterocycles. The first-order chi connectivity index (χ1) is 10.4. The van der Waals surface area contributed by atoms with Crippen LogP contribution in [0.4, 0.5) is 0 Å². The third-order valence-corrected chi connectivity index (χ3v) is 4.64. The highest BCUT2D eigenvalue weighted by molar-refractivity contribution is 5.96. The fourth-order valence-electron chi connectivity index (χ4n) is 3.51. The Labute approximate surface area is 125 Å². The summed E-state index contributed by atoms with van der Waals surface area (Å²) in [6.45, 7) is 0.765. The summed E-state index contributed by atoms with van der Waals surface area (Å²) in [5.41, 5.74) is 11.3. The first kappa shape index (κ1) is 12.7. The van der Waals surface area contributed by atoms with E-state index in [1.54, 1.807) is 0 Å². The Bertz CT molecular complexity index is 717. The zero-order valence-electron chi connectivity index (χ0n) is 12.0. The second kappa shape index (κ2) is 5.05. The number of nitrogens with two attached hydrogens (primary N) is 1. The summed E-state index contributed by atoms with van der Waals surface area (Å²) < 4.78 is 6.19. The summed E-state index contributed by atoms with van der Waals surface area (Å²) >= 11 is 0. The van der Waals surface area contributed by atoms with Crippen molar-refractivity contribution in [3.05, 3.63) is 59.7 Å². The van der Waals surface area contributed by atoms with E-state index in [0.29, 0.717) is 5.92 Å². The molecule has 2 heteroatoms. The molecule has 0 saturated carbocycles. The highest BCUT2D eigenvalue weighted by atomic mass is 16.5. The maximum atomic E-state index is 6.19. The van der Waals surface area contributed by atoms with Crippen LogP contribution in [0.15, 0.2) is 48.5 Å². The topological polar surface area (TPSA) is 35.2 Å². The molecule has 2 aromatic carbocycles. The highest BCUT2D eigenvalue weighted by Gasteiger charge is 2.27. The van der Waals surface area contributed by atoms with E-state index in [4.69, 9.17) is 10.5 Å². The van der Waals surface area contributed by atoms with Crippen LogP contribution in [0.5, 0.6) is 11.5 Å². The van der Waals surface area contributed by atoms with E-state index in [-0.39, 0.29) is 0 Å². The standard InChI is InChI=1S/C19H19NO/c20-12-13-9-10-14-15-5-1-3-7-18(15)21-19-8-4-2-6-16(19)17(14)11-13/h1-8,13H,9-12,20H2. The molecule has 1 aliphatic heterocycles. The van der Waals surface area contributed by atoms with Gasteiger partial charge in [-0.15, -0.1) is 0 Å². The van der Waals surface area contributed by atoms with Crippen molar-refractivity contribution in [2.75, 3.05) is 6.54 Å². The number of hydrogen-bond acceptors (Lipinski definition) is 2. The van der Waals surface area contributed by atoms with Crippen LogP contribution in [0, 0.1) is 5.92 Å². The Morgan fingerprint density at radius 3 is 2.19 bits per heavy atom. The molecule has 4 rings (SSSR count). The molecule has 0 amide bonds. The third kappa shape index (κ3) is 2.07. The lowest BCUT2D eigenvalue weighted by Gasteiger charge is -2.26. The molecule has 0 radical (unpaired) electrons. The lowest BCUT2D eigenvalue weighted by Crippen LogP contribution is -2.18. The number of allylic oxidation sites excluding steroid dienone is 2. The van der Waals surface area contributed by atoms with Crippen molar-refractivity contribution in [3.63, 3.8) is 0 Å². The minimum atomic E-state index is 0.585. The van der Waals surface area contributed by atoms with E-state index >= 15 is 0 Å². The number of fused-ring (bicyclic) bond motifs is 4. The van der Waals surface area contributed by atoms with Gasteiger partial charge in [0.05, 0.1) is 0 Å². The largest absolute Gasteiger partial charge is 0.456 e. The van der Waals surface area contributed by atoms with E-state index in [9.17, 15) is 0 Å². The molecule has 1 aliphatic carbocycles. The molecule has 106 valence electrons. The first-order valence-corrected chi connectivity index (χ1v) is 7.65. The van der Waals surface area contributed by atoms with Crippen molar-refractivity contribution in [1.82, 2.24) is 0 Å².